The Labute approximate surface area is 109 Å². The van der Waals surface area contributed by atoms with E-state index >= 15 is 0 Å². The van der Waals surface area contributed by atoms with Crippen molar-refractivity contribution in [3.63, 3.8) is 0 Å². The largest absolute Gasteiger partial charge is 0.308 e. The number of para-hydroxylation sites is 1. The number of nitrogens with zero attached hydrogens (tertiary/aromatic N) is 1. The Kier molecular flexibility index (Phi) is 4.32. The summed E-state index contributed by atoms with van der Waals surface area (Å²) in [5, 5.41) is 4.79. The average molecular weight is 242 g/mol. The molecule has 0 radical (unpaired) electrons. The van der Waals surface area contributed by atoms with Crippen LogP contribution < -0.4 is 5.32 Å². The zero-order valence-corrected chi connectivity index (χ0v) is 11.5. The minimum Gasteiger partial charge on any atom is -0.308 e. The van der Waals surface area contributed by atoms with Crippen molar-refractivity contribution in [1.29, 1.82) is 0 Å². The van der Waals surface area contributed by atoms with E-state index in [1.165, 1.54) is 5.39 Å². The second-order valence-electron chi connectivity index (χ2n) is 5.10. The number of fused-ring (bicyclic) bond motifs is 1. The van der Waals surface area contributed by atoms with Crippen LogP contribution in [0.15, 0.2) is 36.4 Å². The summed E-state index contributed by atoms with van der Waals surface area (Å²) in [4.78, 5) is 4.79. The van der Waals surface area contributed by atoms with Crippen LogP contribution in [0.1, 0.15) is 38.9 Å². The number of aromatic nitrogens is 1. The Morgan fingerprint density at radius 3 is 2.61 bits per heavy atom. The lowest BCUT2D eigenvalue weighted by Crippen LogP contribution is -2.27. The summed E-state index contributed by atoms with van der Waals surface area (Å²) in [5.74, 6) is 0.546. The van der Waals surface area contributed by atoms with Gasteiger partial charge in [0.1, 0.15) is 0 Å². The van der Waals surface area contributed by atoms with Gasteiger partial charge in [-0.25, -0.2) is 0 Å². The summed E-state index contributed by atoms with van der Waals surface area (Å²) < 4.78 is 0. The molecule has 0 aliphatic rings. The minimum absolute atomic E-state index is 0.342. The molecule has 0 saturated carbocycles. The Morgan fingerprint density at radius 2 is 1.89 bits per heavy atom. The van der Waals surface area contributed by atoms with E-state index in [-0.39, 0.29) is 0 Å². The maximum atomic E-state index is 4.79. The fraction of sp³-hybridized carbons (Fsp3) is 0.438. The van der Waals surface area contributed by atoms with Crippen molar-refractivity contribution in [2.45, 2.75) is 33.2 Å². The van der Waals surface area contributed by atoms with Crippen LogP contribution in [0.2, 0.25) is 0 Å². The highest BCUT2D eigenvalue weighted by atomic mass is 14.9. The number of rotatable bonds is 5. The molecule has 1 unspecified atom stereocenters. The quantitative estimate of drug-likeness (QED) is 0.859. The first-order chi connectivity index (χ1) is 8.72. The molecule has 1 aromatic carbocycles. The number of pyridine rings is 1. The maximum Gasteiger partial charge on any atom is 0.0706 e. The number of nitrogens with one attached hydrogen (secondary N) is 1. The molecule has 2 heteroatoms. The SMILES string of the molecule is CCCNC(c1ccc2ccccc2n1)C(C)C. The summed E-state index contributed by atoms with van der Waals surface area (Å²) in [6.45, 7) is 7.71. The van der Waals surface area contributed by atoms with Crippen molar-refractivity contribution in [2.75, 3.05) is 6.54 Å². The zero-order valence-electron chi connectivity index (χ0n) is 11.5. The van der Waals surface area contributed by atoms with E-state index < -0.39 is 0 Å². The first-order valence-electron chi connectivity index (χ1n) is 6.81. The second-order valence-corrected chi connectivity index (χ2v) is 5.10. The molecule has 0 spiro atoms. The van der Waals surface area contributed by atoms with Crippen LogP contribution in [0.3, 0.4) is 0 Å². The molecule has 0 aliphatic heterocycles. The summed E-state index contributed by atoms with van der Waals surface area (Å²) >= 11 is 0. The van der Waals surface area contributed by atoms with Gasteiger partial charge in [-0.1, -0.05) is 45.0 Å². The third-order valence-electron chi connectivity index (χ3n) is 3.22. The van der Waals surface area contributed by atoms with E-state index in [1.54, 1.807) is 0 Å². The van der Waals surface area contributed by atoms with Gasteiger partial charge in [0.2, 0.25) is 0 Å². The predicted octanol–water partition coefficient (Wildman–Crippen LogP) is 3.93. The van der Waals surface area contributed by atoms with E-state index in [1.807, 2.05) is 6.07 Å². The molecule has 2 nitrogen and oxygen atoms in total. The van der Waals surface area contributed by atoms with Gasteiger partial charge in [0, 0.05) is 5.39 Å². The topological polar surface area (TPSA) is 24.9 Å². The molecule has 2 rings (SSSR count). The van der Waals surface area contributed by atoms with E-state index in [2.05, 4.69) is 56.4 Å². The first-order valence-corrected chi connectivity index (χ1v) is 6.81. The Bertz CT molecular complexity index is 505. The van der Waals surface area contributed by atoms with Gasteiger partial charge >= 0.3 is 0 Å². The molecule has 1 heterocycles. The monoisotopic (exact) mass is 242 g/mol. The highest BCUT2D eigenvalue weighted by Gasteiger charge is 2.16. The molecule has 0 saturated heterocycles. The molecule has 1 atom stereocenters. The van der Waals surface area contributed by atoms with Crippen molar-refractivity contribution >= 4 is 10.9 Å². The Hall–Kier alpha value is -1.41. The third kappa shape index (κ3) is 2.88. The van der Waals surface area contributed by atoms with Crippen LogP contribution in [-0.2, 0) is 0 Å². The number of hydrogen-bond acceptors (Lipinski definition) is 2. The van der Waals surface area contributed by atoms with E-state index in [0.29, 0.717) is 12.0 Å². The summed E-state index contributed by atoms with van der Waals surface area (Å²) in [7, 11) is 0. The molecule has 0 bridgehead atoms. The van der Waals surface area contributed by atoms with Crippen molar-refractivity contribution in [3.8, 4) is 0 Å². The number of benzene rings is 1. The fourth-order valence-electron chi connectivity index (χ4n) is 2.24. The molecule has 0 amide bonds. The lowest BCUT2D eigenvalue weighted by atomic mass is 9.99. The smallest absolute Gasteiger partial charge is 0.0706 e. The maximum absolute atomic E-state index is 4.79. The van der Waals surface area contributed by atoms with Gasteiger partial charge in [-0.3, -0.25) is 4.98 Å². The second kappa shape index (κ2) is 5.96. The van der Waals surface area contributed by atoms with E-state index in [9.17, 15) is 0 Å². The lowest BCUT2D eigenvalue weighted by molar-refractivity contribution is 0.405. The molecule has 2 aromatic rings. The molecule has 0 fully saturated rings. The van der Waals surface area contributed by atoms with Gasteiger partial charge in [-0.15, -0.1) is 0 Å². The van der Waals surface area contributed by atoms with Crippen LogP contribution in [-0.4, -0.2) is 11.5 Å². The van der Waals surface area contributed by atoms with Crippen molar-refractivity contribution < 1.29 is 0 Å². The van der Waals surface area contributed by atoms with Gasteiger partial charge in [-0.05, 0) is 31.0 Å². The summed E-state index contributed by atoms with van der Waals surface area (Å²) in [6.07, 6.45) is 1.15. The van der Waals surface area contributed by atoms with E-state index in [0.717, 1.165) is 24.2 Å². The molecular formula is C16H22N2. The fourth-order valence-corrected chi connectivity index (χ4v) is 2.24. The third-order valence-corrected chi connectivity index (χ3v) is 3.22. The van der Waals surface area contributed by atoms with Crippen LogP contribution in [0.4, 0.5) is 0 Å². The van der Waals surface area contributed by atoms with Crippen molar-refractivity contribution in [2.24, 2.45) is 5.92 Å². The Morgan fingerprint density at radius 1 is 1.11 bits per heavy atom. The number of hydrogen-bond donors (Lipinski definition) is 1. The van der Waals surface area contributed by atoms with Crippen molar-refractivity contribution in [1.82, 2.24) is 10.3 Å². The molecule has 1 aromatic heterocycles. The minimum atomic E-state index is 0.342. The standard InChI is InChI=1S/C16H22N2/c1-4-11-17-16(12(2)3)15-10-9-13-7-5-6-8-14(13)18-15/h5-10,12,16-17H,4,11H2,1-3H3. The molecular weight excluding hydrogens is 220 g/mol. The summed E-state index contributed by atoms with van der Waals surface area (Å²) in [6, 6.07) is 12.9. The highest BCUT2D eigenvalue weighted by molar-refractivity contribution is 5.78. The summed E-state index contributed by atoms with van der Waals surface area (Å²) in [5.41, 5.74) is 2.23. The van der Waals surface area contributed by atoms with Gasteiger partial charge < -0.3 is 5.32 Å². The van der Waals surface area contributed by atoms with Gasteiger partial charge in [0.15, 0.2) is 0 Å². The van der Waals surface area contributed by atoms with Crippen LogP contribution in [0, 0.1) is 5.92 Å². The van der Waals surface area contributed by atoms with Gasteiger partial charge in [-0.2, -0.15) is 0 Å². The predicted molar refractivity (Wildman–Crippen MR) is 77.6 cm³/mol. The average Bonchev–Trinajstić information content (AvgIpc) is 2.38. The first kappa shape index (κ1) is 13.0. The molecule has 1 N–H and O–H groups in total. The van der Waals surface area contributed by atoms with Gasteiger partial charge in [0.25, 0.3) is 0 Å². The zero-order chi connectivity index (χ0) is 13.0. The molecule has 18 heavy (non-hydrogen) atoms. The normalized spacial score (nSPS) is 13.1. The van der Waals surface area contributed by atoms with Crippen LogP contribution >= 0.6 is 0 Å². The van der Waals surface area contributed by atoms with Crippen molar-refractivity contribution in [3.05, 3.63) is 42.1 Å². The van der Waals surface area contributed by atoms with Crippen LogP contribution in [0.5, 0.6) is 0 Å². The highest BCUT2D eigenvalue weighted by Crippen LogP contribution is 2.22. The van der Waals surface area contributed by atoms with E-state index in [4.69, 9.17) is 4.98 Å². The van der Waals surface area contributed by atoms with Gasteiger partial charge in [0.05, 0.1) is 17.3 Å². The molecule has 96 valence electrons. The Balaban J connectivity index is 2.32. The van der Waals surface area contributed by atoms with Crippen LogP contribution in [0.25, 0.3) is 10.9 Å². The molecule has 0 aliphatic carbocycles. The lowest BCUT2D eigenvalue weighted by Gasteiger charge is -2.22.